The van der Waals surface area contributed by atoms with Crippen molar-refractivity contribution in [2.75, 3.05) is 7.11 Å². The van der Waals surface area contributed by atoms with Crippen molar-refractivity contribution in [1.82, 2.24) is 9.88 Å². The molecule has 0 spiro atoms. The van der Waals surface area contributed by atoms with Gasteiger partial charge < -0.3 is 9.30 Å². The number of methoxy groups -OCH3 is 1. The number of esters is 1. The second kappa shape index (κ2) is 7.67. The number of aryl methyl sites for hydroxylation is 1. The molecule has 1 aromatic heterocycles. The molecule has 1 unspecified atom stereocenters. The summed E-state index contributed by atoms with van der Waals surface area (Å²) in [5.74, 6) is -0.494. The van der Waals surface area contributed by atoms with Crippen molar-refractivity contribution >= 4 is 16.9 Å². The van der Waals surface area contributed by atoms with Gasteiger partial charge in [-0.15, -0.1) is 0 Å². The molecule has 3 rings (SSSR count). The topological polar surface area (TPSA) is 43.3 Å². The molecule has 0 saturated heterocycles. The van der Waals surface area contributed by atoms with Crippen LogP contribution in [0.3, 0.4) is 0 Å². The van der Waals surface area contributed by atoms with E-state index in [1.54, 1.807) is 6.07 Å². The molecule has 0 bridgehead atoms. The Morgan fingerprint density at radius 1 is 1.18 bits per heavy atom. The van der Waals surface area contributed by atoms with Gasteiger partial charge in [-0.1, -0.05) is 36.4 Å². The summed E-state index contributed by atoms with van der Waals surface area (Å²) in [5, 5.41) is 3.97. The van der Waals surface area contributed by atoms with E-state index < -0.39 is 23.8 Å². The fourth-order valence-electron chi connectivity index (χ4n) is 3.41. The fourth-order valence-corrected chi connectivity index (χ4v) is 3.41. The number of hydrogen-bond donors (Lipinski definition) is 1. The number of fused-ring (bicyclic) bond motifs is 1. The van der Waals surface area contributed by atoms with Crippen molar-refractivity contribution in [2.24, 2.45) is 7.05 Å². The van der Waals surface area contributed by atoms with E-state index in [-0.39, 0.29) is 6.54 Å². The number of para-hydroxylation sites is 1. The number of carbonyl (C=O) groups excluding carboxylic acids is 1. The molecule has 4 nitrogen and oxygen atoms in total. The van der Waals surface area contributed by atoms with Gasteiger partial charge in [0, 0.05) is 35.8 Å². The summed E-state index contributed by atoms with van der Waals surface area (Å²) in [7, 11) is 3.20. The van der Waals surface area contributed by atoms with Crippen LogP contribution in [0.5, 0.6) is 0 Å². The van der Waals surface area contributed by atoms with Crippen LogP contribution in [0.15, 0.2) is 48.5 Å². The maximum absolute atomic E-state index is 12.9. The minimum absolute atomic E-state index is 0.0896. The van der Waals surface area contributed by atoms with E-state index in [1.807, 2.05) is 42.8 Å². The first-order valence-corrected chi connectivity index (χ1v) is 8.75. The van der Waals surface area contributed by atoms with Gasteiger partial charge in [0.25, 0.3) is 0 Å². The molecule has 1 atom stereocenters. The predicted molar refractivity (Wildman–Crippen MR) is 101 cm³/mol. The Morgan fingerprint density at radius 3 is 2.57 bits per heavy atom. The highest BCUT2D eigenvalue weighted by Gasteiger charge is 2.31. The highest BCUT2D eigenvalue weighted by molar-refractivity contribution is 5.91. The quantitative estimate of drug-likeness (QED) is 0.652. The Balaban J connectivity index is 1.96. The van der Waals surface area contributed by atoms with E-state index in [0.717, 1.165) is 34.3 Å². The highest BCUT2D eigenvalue weighted by atomic mass is 19.4. The number of alkyl halides is 3. The maximum atomic E-state index is 12.9. The lowest BCUT2D eigenvalue weighted by atomic mass is 10.0. The predicted octanol–water partition coefficient (Wildman–Crippen LogP) is 4.51. The third-order valence-electron chi connectivity index (χ3n) is 4.94. The van der Waals surface area contributed by atoms with E-state index in [4.69, 9.17) is 4.74 Å². The number of benzene rings is 2. The smallest absolute Gasteiger partial charge is 0.416 e. The van der Waals surface area contributed by atoms with Crippen molar-refractivity contribution in [1.29, 1.82) is 0 Å². The summed E-state index contributed by atoms with van der Waals surface area (Å²) < 4.78 is 45.8. The summed E-state index contributed by atoms with van der Waals surface area (Å²) in [6.07, 6.45) is -4.41. The van der Waals surface area contributed by atoms with Crippen molar-refractivity contribution in [3.63, 3.8) is 0 Å². The summed E-state index contributed by atoms with van der Waals surface area (Å²) in [6, 6.07) is 11.9. The van der Waals surface area contributed by atoms with E-state index in [2.05, 4.69) is 5.32 Å². The standard InChI is InChI=1S/C21H21F3N2O2/c1-13-18(16-9-4-5-10-17(16)26(13)2)19(20(27)28-3)25-12-14-7-6-8-15(11-14)21(22,23)24/h4-11,19,25H,12H2,1-3H3. The molecule has 3 aromatic rings. The van der Waals surface area contributed by atoms with E-state index in [1.165, 1.54) is 13.2 Å². The van der Waals surface area contributed by atoms with Crippen molar-refractivity contribution in [2.45, 2.75) is 25.7 Å². The van der Waals surface area contributed by atoms with Gasteiger partial charge in [-0.05, 0) is 24.6 Å². The van der Waals surface area contributed by atoms with Gasteiger partial charge in [-0.25, -0.2) is 4.79 Å². The average Bonchev–Trinajstić information content (AvgIpc) is 2.93. The minimum atomic E-state index is -4.41. The molecule has 1 heterocycles. The number of hydrogen-bond acceptors (Lipinski definition) is 3. The molecule has 0 saturated carbocycles. The van der Waals surface area contributed by atoms with E-state index >= 15 is 0 Å². The lowest BCUT2D eigenvalue weighted by molar-refractivity contribution is -0.143. The van der Waals surface area contributed by atoms with Gasteiger partial charge in [0.2, 0.25) is 0 Å². The van der Waals surface area contributed by atoms with Gasteiger partial charge in [0.15, 0.2) is 0 Å². The Kier molecular flexibility index (Phi) is 5.47. The number of nitrogens with zero attached hydrogens (tertiary/aromatic N) is 1. The van der Waals surface area contributed by atoms with Crippen LogP contribution in [0.2, 0.25) is 0 Å². The fraction of sp³-hybridized carbons (Fsp3) is 0.286. The SMILES string of the molecule is COC(=O)C(NCc1cccc(C(F)(F)F)c1)c1c(C)n(C)c2ccccc12. The van der Waals surface area contributed by atoms with Gasteiger partial charge in [0.05, 0.1) is 12.7 Å². The number of halogens is 3. The van der Waals surface area contributed by atoms with Gasteiger partial charge >= 0.3 is 12.1 Å². The molecule has 0 aliphatic carbocycles. The number of carbonyl (C=O) groups is 1. The maximum Gasteiger partial charge on any atom is 0.416 e. The van der Waals surface area contributed by atoms with Crippen LogP contribution in [-0.2, 0) is 29.3 Å². The molecule has 0 fully saturated rings. The number of nitrogens with one attached hydrogen (secondary N) is 1. The third-order valence-corrected chi connectivity index (χ3v) is 4.94. The molecule has 1 N–H and O–H groups in total. The Hall–Kier alpha value is -2.80. The Morgan fingerprint density at radius 2 is 1.89 bits per heavy atom. The normalized spacial score (nSPS) is 12.9. The molecular weight excluding hydrogens is 369 g/mol. The molecular formula is C21H21F3N2O2. The molecule has 28 heavy (non-hydrogen) atoms. The molecule has 0 amide bonds. The first-order chi connectivity index (χ1) is 13.2. The van der Waals surface area contributed by atoms with Crippen LogP contribution >= 0.6 is 0 Å². The van der Waals surface area contributed by atoms with Crippen LogP contribution in [-0.4, -0.2) is 17.6 Å². The molecule has 0 aliphatic heterocycles. The van der Waals surface area contributed by atoms with Crippen molar-refractivity contribution in [3.05, 3.63) is 70.9 Å². The Labute approximate surface area is 160 Å². The number of aromatic nitrogens is 1. The third kappa shape index (κ3) is 3.75. The zero-order chi connectivity index (χ0) is 20.5. The minimum Gasteiger partial charge on any atom is -0.468 e. The van der Waals surface area contributed by atoms with Crippen molar-refractivity contribution in [3.8, 4) is 0 Å². The van der Waals surface area contributed by atoms with E-state index in [0.29, 0.717) is 5.56 Å². The van der Waals surface area contributed by atoms with Crippen molar-refractivity contribution < 1.29 is 22.7 Å². The van der Waals surface area contributed by atoms with Gasteiger partial charge in [-0.2, -0.15) is 13.2 Å². The summed E-state index contributed by atoms with van der Waals surface area (Å²) in [6.45, 7) is 1.99. The second-order valence-corrected chi connectivity index (χ2v) is 6.61. The Bertz CT molecular complexity index is 1010. The molecule has 0 radical (unpaired) electrons. The largest absolute Gasteiger partial charge is 0.468 e. The number of rotatable bonds is 5. The van der Waals surface area contributed by atoms with Crippen LogP contribution < -0.4 is 5.32 Å². The second-order valence-electron chi connectivity index (χ2n) is 6.61. The zero-order valence-electron chi connectivity index (χ0n) is 15.8. The van der Waals surface area contributed by atoms with Crippen LogP contribution in [0.4, 0.5) is 13.2 Å². The lowest BCUT2D eigenvalue weighted by Crippen LogP contribution is -2.30. The van der Waals surface area contributed by atoms with E-state index in [9.17, 15) is 18.0 Å². The molecule has 2 aromatic carbocycles. The summed E-state index contributed by atoms with van der Waals surface area (Å²) >= 11 is 0. The average molecular weight is 390 g/mol. The van der Waals surface area contributed by atoms with Gasteiger partial charge in [0.1, 0.15) is 6.04 Å². The van der Waals surface area contributed by atoms with Crippen LogP contribution in [0.1, 0.15) is 28.4 Å². The molecule has 148 valence electrons. The molecule has 7 heteroatoms. The zero-order valence-corrected chi connectivity index (χ0v) is 15.8. The summed E-state index contributed by atoms with van der Waals surface area (Å²) in [4.78, 5) is 12.5. The lowest BCUT2D eigenvalue weighted by Gasteiger charge is -2.18. The monoisotopic (exact) mass is 390 g/mol. The highest BCUT2D eigenvalue weighted by Crippen LogP contribution is 2.32. The first-order valence-electron chi connectivity index (χ1n) is 8.75. The molecule has 0 aliphatic rings. The van der Waals surface area contributed by atoms with Gasteiger partial charge in [-0.3, -0.25) is 5.32 Å². The first kappa shape index (κ1) is 19.9. The van der Waals surface area contributed by atoms with Crippen LogP contribution in [0.25, 0.3) is 10.9 Å². The summed E-state index contributed by atoms with van der Waals surface area (Å²) in [5.41, 5.74) is 2.32. The van der Waals surface area contributed by atoms with Crippen LogP contribution in [0, 0.1) is 6.92 Å². The number of ether oxygens (including phenoxy) is 1.